The maximum Gasteiger partial charge on any atom is 0.306 e. The van der Waals surface area contributed by atoms with E-state index in [1.54, 1.807) is 0 Å². The van der Waals surface area contributed by atoms with Gasteiger partial charge in [0, 0.05) is 11.8 Å². The first-order valence-electron chi connectivity index (χ1n) is 7.44. The molecule has 2 saturated carbocycles. The van der Waals surface area contributed by atoms with Gasteiger partial charge in [0.15, 0.2) is 0 Å². The van der Waals surface area contributed by atoms with Gasteiger partial charge >= 0.3 is 5.97 Å². The number of esters is 1. The van der Waals surface area contributed by atoms with Crippen LogP contribution in [0, 0.1) is 22.7 Å². The zero-order chi connectivity index (χ0) is 14.3. The fourth-order valence-electron chi connectivity index (χ4n) is 4.51. The van der Waals surface area contributed by atoms with Crippen molar-refractivity contribution in [2.24, 2.45) is 22.7 Å². The third-order valence-electron chi connectivity index (χ3n) is 6.07. The Morgan fingerprint density at radius 1 is 1.37 bits per heavy atom. The van der Waals surface area contributed by atoms with Crippen LogP contribution in [-0.2, 0) is 14.3 Å². The van der Waals surface area contributed by atoms with Crippen LogP contribution in [0.25, 0.3) is 0 Å². The summed E-state index contributed by atoms with van der Waals surface area (Å²) >= 11 is 0. The summed E-state index contributed by atoms with van der Waals surface area (Å²) in [7, 11) is 1.45. The van der Waals surface area contributed by atoms with Crippen molar-refractivity contribution in [1.29, 1.82) is 0 Å². The van der Waals surface area contributed by atoms with Crippen molar-refractivity contribution in [3.8, 4) is 0 Å². The molecule has 3 heteroatoms. The summed E-state index contributed by atoms with van der Waals surface area (Å²) in [6.07, 6.45) is 5.22. The molecule has 0 amide bonds. The van der Waals surface area contributed by atoms with E-state index in [2.05, 4.69) is 20.8 Å². The lowest BCUT2D eigenvalue weighted by atomic mass is 9.47. The van der Waals surface area contributed by atoms with Gasteiger partial charge in [-0.3, -0.25) is 9.59 Å². The Labute approximate surface area is 116 Å². The summed E-state index contributed by atoms with van der Waals surface area (Å²) in [5.41, 5.74) is -0.316. The van der Waals surface area contributed by atoms with E-state index in [-0.39, 0.29) is 16.8 Å². The Balaban J connectivity index is 2.34. The van der Waals surface area contributed by atoms with Crippen molar-refractivity contribution in [1.82, 2.24) is 0 Å². The largest absolute Gasteiger partial charge is 0.469 e. The molecule has 2 rings (SSSR count). The molecule has 0 spiro atoms. The number of hydrogen-bond acceptors (Lipinski definition) is 3. The third-order valence-corrected chi connectivity index (χ3v) is 6.07. The minimum Gasteiger partial charge on any atom is -0.469 e. The third kappa shape index (κ3) is 2.21. The van der Waals surface area contributed by atoms with Crippen molar-refractivity contribution in [3.05, 3.63) is 0 Å². The van der Waals surface area contributed by atoms with Gasteiger partial charge in [-0.05, 0) is 42.9 Å². The lowest BCUT2D eigenvalue weighted by Gasteiger charge is -2.56. The summed E-state index contributed by atoms with van der Waals surface area (Å²) in [6, 6.07) is 0. The molecule has 0 N–H and O–H groups in total. The van der Waals surface area contributed by atoms with Crippen molar-refractivity contribution in [2.45, 2.75) is 59.3 Å². The van der Waals surface area contributed by atoms with E-state index in [1.807, 2.05) is 0 Å². The van der Waals surface area contributed by atoms with Crippen LogP contribution in [0.15, 0.2) is 0 Å². The molecule has 0 bridgehead atoms. The van der Waals surface area contributed by atoms with E-state index < -0.39 is 0 Å². The van der Waals surface area contributed by atoms with Gasteiger partial charge in [0.1, 0.15) is 5.78 Å². The molecular formula is C16H26O3. The summed E-state index contributed by atoms with van der Waals surface area (Å²) in [5.74, 6) is 1.06. The Hall–Kier alpha value is -0.860. The van der Waals surface area contributed by atoms with Gasteiger partial charge in [-0.25, -0.2) is 0 Å². The molecule has 0 saturated heterocycles. The fraction of sp³-hybridized carbons (Fsp3) is 0.875. The van der Waals surface area contributed by atoms with Crippen molar-refractivity contribution in [2.75, 3.05) is 7.11 Å². The molecule has 0 aromatic heterocycles. The number of ether oxygens (including phenoxy) is 1. The van der Waals surface area contributed by atoms with E-state index >= 15 is 0 Å². The number of Topliss-reactive ketones (excluding diaryl/α,β-unsaturated/α-hetero) is 1. The molecule has 0 radical (unpaired) electrons. The van der Waals surface area contributed by atoms with E-state index in [4.69, 9.17) is 4.74 Å². The van der Waals surface area contributed by atoms with E-state index in [0.29, 0.717) is 24.0 Å². The number of methoxy groups -OCH3 is 1. The molecule has 0 heterocycles. The second kappa shape index (κ2) is 4.92. The SMILES string of the molecule is COC(=O)C[C@]1(C)[C@H](C)CC[C@]2(C)C(=O)CCC[C@@H]12. The number of fused-ring (bicyclic) bond motifs is 1. The number of hydrogen-bond donors (Lipinski definition) is 0. The lowest BCUT2D eigenvalue weighted by molar-refractivity contribution is -0.159. The highest BCUT2D eigenvalue weighted by Crippen LogP contribution is 2.59. The second-order valence-corrected chi connectivity index (χ2v) is 6.98. The Morgan fingerprint density at radius 3 is 2.68 bits per heavy atom. The normalized spacial score (nSPS) is 42.6. The van der Waals surface area contributed by atoms with Crippen LogP contribution < -0.4 is 0 Å². The quantitative estimate of drug-likeness (QED) is 0.720. The van der Waals surface area contributed by atoms with Crippen LogP contribution in [0.5, 0.6) is 0 Å². The highest BCUT2D eigenvalue weighted by Gasteiger charge is 2.56. The van der Waals surface area contributed by atoms with Crippen LogP contribution in [0.4, 0.5) is 0 Å². The molecular weight excluding hydrogens is 240 g/mol. The van der Waals surface area contributed by atoms with Crippen LogP contribution in [0.2, 0.25) is 0 Å². The molecule has 0 aliphatic heterocycles. The van der Waals surface area contributed by atoms with Crippen LogP contribution in [-0.4, -0.2) is 18.9 Å². The molecule has 3 nitrogen and oxygen atoms in total. The lowest BCUT2D eigenvalue weighted by Crippen LogP contribution is -2.54. The van der Waals surface area contributed by atoms with E-state index in [1.165, 1.54) is 7.11 Å². The number of carbonyl (C=O) groups is 2. The zero-order valence-electron chi connectivity index (χ0n) is 12.6. The number of rotatable bonds is 2. The van der Waals surface area contributed by atoms with E-state index in [9.17, 15) is 9.59 Å². The van der Waals surface area contributed by atoms with Gasteiger partial charge in [0.25, 0.3) is 0 Å². The van der Waals surface area contributed by atoms with Crippen LogP contribution in [0.1, 0.15) is 59.3 Å². The standard InChI is InChI=1S/C16H26O3/c1-11-8-9-15(2)12(6-5-7-13(15)17)16(11,3)10-14(18)19-4/h11-12H,5-10H2,1-4H3/t11-,12-,15+,16-/m1/s1. The van der Waals surface area contributed by atoms with Crippen LogP contribution >= 0.6 is 0 Å². The Morgan fingerprint density at radius 2 is 2.05 bits per heavy atom. The van der Waals surface area contributed by atoms with Gasteiger partial charge in [-0.2, -0.15) is 0 Å². The highest BCUT2D eigenvalue weighted by atomic mass is 16.5. The number of carbonyl (C=O) groups excluding carboxylic acids is 2. The average Bonchev–Trinajstić information content (AvgIpc) is 2.37. The molecule has 4 atom stereocenters. The predicted molar refractivity (Wildman–Crippen MR) is 73.6 cm³/mol. The van der Waals surface area contributed by atoms with E-state index in [0.717, 1.165) is 32.1 Å². The second-order valence-electron chi connectivity index (χ2n) is 6.98. The van der Waals surface area contributed by atoms with Gasteiger partial charge < -0.3 is 4.74 Å². The summed E-state index contributed by atoms with van der Waals surface area (Å²) in [5, 5.41) is 0. The molecule has 19 heavy (non-hydrogen) atoms. The van der Waals surface area contributed by atoms with Gasteiger partial charge in [0.05, 0.1) is 13.5 Å². The van der Waals surface area contributed by atoms with Crippen LogP contribution in [0.3, 0.4) is 0 Å². The van der Waals surface area contributed by atoms with Gasteiger partial charge in [-0.1, -0.05) is 20.8 Å². The summed E-state index contributed by atoms with van der Waals surface area (Å²) in [6.45, 7) is 6.54. The smallest absolute Gasteiger partial charge is 0.306 e. The molecule has 2 aliphatic rings. The number of ketones is 1. The monoisotopic (exact) mass is 266 g/mol. The highest BCUT2D eigenvalue weighted by molar-refractivity contribution is 5.86. The zero-order valence-corrected chi connectivity index (χ0v) is 12.6. The van der Waals surface area contributed by atoms with Crippen molar-refractivity contribution < 1.29 is 14.3 Å². The maximum absolute atomic E-state index is 12.4. The minimum absolute atomic E-state index is 0.101. The predicted octanol–water partition coefficient (Wildman–Crippen LogP) is 3.36. The van der Waals surface area contributed by atoms with Gasteiger partial charge in [0.2, 0.25) is 0 Å². The minimum atomic E-state index is -0.215. The molecule has 2 aliphatic carbocycles. The first-order chi connectivity index (χ1) is 8.84. The van der Waals surface area contributed by atoms with Gasteiger partial charge in [-0.15, -0.1) is 0 Å². The van der Waals surface area contributed by atoms with Crippen molar-refractivity contribution in [3.63, 3.8) is 0 Å². The topological polar surface area (TPSA) is 43.4 Å². The summed E-state index contributed by atoms with van der Waals surface area (Å²) in [4.78, 5) is 24.2. The first kappa shape index (κ1) is 14.5. The molecule has 0 aromatic rings. The molecule has 108 valence electrons. The maximum atomic E-state index is 12.4. The first-order valence-corrected chi connectivity index (χ1v) is 7.44. The van der Waals surface area contributed by atoms with Crippen molar-refractivity contribution >= 4 is 11.8 Å². The Bertz CT molecular complexity index is 389. The molecule has 0 unspecified atom stereocenters. The molecule has 2 fully saturated rings. The Kier molecular flexibility index (Phi) is 3.76. The average molecular weight is 266 g/mol. The summed E-state index contributed by atoms with van der Waals surface area (Å²) < 4.78 is 4.88. The molecule has 0 aromatic carbocycles. The fourth-order valence-corrected chi connectivity index (χ4v) is 4.51.